The molecule has 0 amide bonds. The van der Waals surface area contributed by atoms with Gasteiger partial charge in [-0.1, -0.05) is 66.2 Å². The molecule has 0 aromatic rings. The van der Waals surface area contributed by atoms with E-state index in [2.05, 4.69) is 27.7 Å². The summed E-state index contributed by atoms with van der Waals surface area (Å²) in [7, 11) is -3.40. The predicted octanol–water partition coefficient (Wildman–Crippen LogP) is 5.62. The minimum absolute atomic E-state index is 0.321. The van der Waals surface area contributed by atoms with Gasteiger partial charge in [0.1, 0.15) is 0 Å². The van der Waals surface area contributed by atoms with Gasteiger partial charge in [0.15, 0.2) is 0 Å². The molecule has 0 aromatic heterocycles. The second-order valence-corrected chi connectivity index (χ2v) is 7.85. The molecule has 0 fully saturated rings. The minimum atomic E-state index is -3.40. The van der Waals surface area contributed by atoms with E-state index in [1.165, 1.54) is 12.8 Å². The molecule has 0 heterocycles. The Morgan fingerprint density at radius 2 is 1.45 bits per heavy atom. The molecule has 122 valence electrons. The number of hydrogen-bond acceptors (Lipinski definition) is 2. The topological polar surface area (TPSA) is 46.5 Å². The van der Waals surface area contributed by atoms with E-state index >= 15 is 0 Å². The quantitative estimate of drug-likeness (QED) is 0.449. The van der Waals surface area contributed by atoms with Crippen molar-refractivity contribution in [2.75, 3.05) is 12.8 Å². The van der Waals surface area contributed by atoms with Crippen LogP contribution in [0.3, 0.4) is 0 Å². The first-order valence-electron chi connectivity index (χ1n) is 8.45. The largest absolute Gasteiger partial charge is 0.328 e. The lowest BCUT2D eigenvalue weighted by atomic mass is 10.0. The molecule has 20 heavy (non-hydrogen) atoms. The van der Waals surface area contributed by atoms with Gasteiger partial charge < -0.3 is 9.42 Å². The molecule has 3 atom stereocenters. The van der Waals surface area contributed by atoms with Crippen molar-refractivity contribution in [3.05, 3.63) is 0 Å². The van der Waals surface area contributed by atoms with E-state index < -0.39 is 7.60 Å². The average molecular weight is 306 g/mol. The monoisotopic (exact) mass is 306 g/mol. The summed E-state index contributed by atoms with van der Waals surface area (Å²) in [4.78, 5) is 10.0. The fraction of sp³-hybridized carbons (Fsp3) is 1.00. The summed E-state index contributed by atoms with van der Waals surface area (Å²) in [5.41, 5.74) is 0. The van der Waals surface area contributed by atoms with E-state index in [1.807, 2.05) is 0 Å². The molecule has 4 heteroatoms. The van der Waals surface area contributed by atoms with Gasteiger partial charge in [-0.2, -0.15) is 0 Å². The van der Waals surface area contributed by atoms with Gasteiger partial charge in [0.2, 0.25) is 0 Å². The molecule has 0 saturated heterocycles. The standard InChI is InChI=1S/C16H35O3P/c1-5-9-11-15(7-3)13-19-20(17,18)14-16(8-4)12-10-6-2/h15-16H,5-14H2,1-4H3,(H,17,18)/t15-,16+/m0/s1. The molecule has 0 aliphatic heterocycles. The third kappa shape index (κ3) is 9.96. The van der Waals surface area contributed by atoms with E-state index in [0.717, 1.165) is 38.5 Å². The van der Waals surface area contributed by atoms with Crippen LogP contribution in [0.4, 0.5) is 0 Å². The third-order valence-corrected chi connectivity index (χ3v) is 5.62. The van der Waals surface area contributed by atoms with Crippen LogP contribution in [0.2, 0.25) is 0 Å². The summed E-state index contributed by atoms with van der Waals surface area (Å²) in [6, 6.07) is 0. The van der Waals surface area contributed by atoms with Gasteiger partial charge >= 0.3 is 7.60 Å². The fourth-order valence-electron chi connectivity index (χ4n) is 2.42. The van der Waals surface area contributed by atoms with E-state index in [4.69, 9.17) is 4.52 Å². The molecular weight excluding hydrogens is 271 g/mol. The van der Waals surface area contributed by atoms with Crippen molar-refractivity contribution < 1.29 is 14.0 Å². The van der Waals surface area contributed by atoms with Crippen LogP contribution in [0, 0.1) is 11.8 Å². The van der Waals surface area contributed by atoms with Crippen molar-refractivity contribution in [1.82, 2.24) is 0 Å². The van der Waals surface area contributed by atoms with Crippen molar-refractivity contribution in [2.45, 2.75) is 79.1 Å². The molecule has 0 aliphatic rings. The van der Waals surface area contributed by atoms with E-state index in [0.29, 0.717) is 24.6 Å². The Morgan fingerprint density at radius 1 is 0.950 bits per heavy atom. The Balaban J connectivity index is 4.17. The van der Waals surface area contributed by atoms with Gasteiger partial charge in [0.25, 0.3) is 0 Å². The van der Waals surface area contributed by atoms with Crippen molar-refractivity contribution in [3.8, 4) is 0 Å². The van der Waals surface area contributed by atoms with Crippen LogP contribution in [0.15, 0.2) is 0 Å². The first-order valence-corrected chi connectivity index (χ1v) is 10.2. The zero-order valence-electron chi connectivity index (χ0n) is 13.9. The van der Waals surface area contributed by atoms with E-state index in [9.17, 15) is 9.46 Å². The maximum Gasteiger partial charge on any atom is 0.328 e. The Kier molecular flexibility index (Phi) is 11.9. The second kappa shape index (κ2) is 11.8. The zero-order chi connectivity index (χ0) is 15.4. The van der Waals surface area contributed by atoms with E-state index in [1.54, 1.807) is 0 Å². The Bertz CT molecular complexity index is 268. The smallest absolute Gasteiger partial charge is 0.324 e. The molecular formula is C16H35O3P. The molecule has 0 spiro atoms. The lowest BCUT2D eigenvalue weighted by Crippen LogP contribution is -2.12. The second-order valence-electron chi connectivity index (χ2n) is 5.95. The normalized spacial score (nSPS) is 17.6. The number of rotatable bonds is 13. The molecule has 1 N–H and O–H groups in total. The zero-order valence-corrected chi connectivity index (χ0v) is 14.8. The van der Waals surface area contributed by atoms with Crippen LogP contribution >= 0.6 is 7.60 Å². The van der Waals surface area contributed by atoms with Crippen LogP contribution in [0.25, 0.3) is 0 Å². The Labute approximate surface area is 126 Å². The van der Waals surface area contributed by atoms with Crippen LogP contribution in [-0.2, 0) is 9.09 Å². The summed E-state index contributed by atoms with van der Waals surface area (Å²) in [6.45, 7) is 8.98. The average Bonchev–Trinajstić information content (AvgIpc) is 2.43. The molecule has 0 saturated carbocycles. The maximum atomic E-state index is 12.2. The molecule has 0 rings (SSSR count). The molecule has 1 unspecified atom stereocenters. The Hall–Kier alpha value is 0.150. The third-order valence-electron chi connectivity index (χ3n) is 4.09. The van der Waals surface area contributed by atoms with Crippen LogP contribution in [-0.4, -0.2) is 17.7 Å². The highest BCUT2D eigenvalue weighted by Crippen LogP contribution is 2.46. The lowest BCUT2D eigenvalue weighted by molar-refractivity contribution is 0.200. The molecule has 0 radical (unpaired) electrons. The SMILES string of the molecule is CCCC[C@@H](CC)CP(=O)(O)OC[C@@H](CC)CCCC. The van der Waals surface area contributed by atoms with Crippen LogP contribution in [0.5, 0.6) is 0 Å². The molecule has 0 aromatic carbocycles. The van der Waals surface area contributed by atoms with Crippen molar-refractivity contribution >= 4 is 7.60 Å². The highest BCUT2D eigenvalue weighted by atomic mass is 31.2. The minimum Gasteiger partial charge on any atom is -0.324 e. The molecule has 0 aliphatic carbocycles. The molecule has 3 nitrogen and oxygen atoms in total. The van der Waals surface area contributed by atoms with Crippen LogP contribution < -0.4 is 0 Å². The summed E-state index contributed by atoms with van der Waals surface area (Å²) in [6.07, 6.45) is 9.05. The highest BCUT2D eigenvalue weighted by molar-refractivity contribution is 7.52. The summed E-state index contributed by atoms with van der Waals surface area (Å²) >= 11 is 0. The van der Waals surface area contributed by atoms with Gasteiger partial charge in [-0.05, 0) is 24.7 Å². The van der Waals surface area contributed by atoms with Crippen molar-refractivity contribution in [2.24, 2.45) is 11.8 Å². The maximum absolute atomic E-state index is 12.2. The first-order chi connectivity index (χ1) is 9.49. The summed E-state index contributed by atoms with van der Waals surface area (Å²) < 4.78 is 17.6. The van der Waals surface area contributed by atoms with Gasteiger partial charge in [0, 0.05) is 0 Å². The lowest BCUT2D eigenvalue weighted by Gasteiger charge is -2.21. The summed E-state index contributed by atoms with van der Waals surface area (Å²) in [5.74, 6) is 0.743. The highest BCUT2D eigenvalue weighted by Gasteiger charge is 2.25. The van der Waals surface area contributed by atoms with Gasteiger partial charge in [0.05, 0.1) is 12.8 Å². The Morgan fingerprint density at radius 3 is 1.90 bits per heavy atom. The molecule has 0 bridgehead atoms. The fourth-order valence-corrected chi connectivity index (χ4v) is 4.06. The van der Waals surface area contributed by atoms with Crippen molar-refractivity contribution in [3.63, 3.8) is 0 Å². The van der Waals surface area contributed by atoms with Crippen molar-refractivity contribution in [1.29, 1.82) is 0 Å². The number of hydrogen-bond donors (Lipinski definition) is 1. The first kappa shape index (κ1) is 20.1. The predicted molar refractivity (Wildman–Crippen MR) is 87.3 cm³/mol. The number of unbranched alkanes of at least 4 members (excludes halogenated alkanes) is 2. The van der Waals surface area contributed by atoms with E-state index in [-0.39, 0.29) is 0 Å². The summed E-state index contributed by atoms with van der Waals surface area (Å²) in [5, 5.41) is 0. The van der Waals surface area contributed by atoms with Gasteiger partial charge in [-0.25, -0.2) is 0 Å². The van der Waals surface area contributed by atoms with Gasteiger partial charge in [-0.3, -0.25) is 4.57 Å². The van der Waals surface area contributed by atoms with Crippen LogP contribution in [0.1, 0.15) is 79.1 Å². The van der Waals surface area contributed by atoms with Gasteiger partial charge in [-0.15, -0.1) is 0 Å².